The van der Waals surface area contributed by atoms with Gasteiger partial charge >= 0.3 is 0 Å². The van der Waals surface area contributed by atoms with E-state index in [2.05, 4.69) is 5.32 Å². The second-order valence-corrected chi connectivity index (χ2v) is 4.85. The molecule has 0 aliphatic heterocycles. The molecule has 21 heavy (non-hydrogen) atoms. The average molecular weight is 285 g/mol. The summed E-state index contributed by atoms with van der Waals surface area (Å²) in [5.74, 6) is 0.456. The van der Waals surface area contributed by atoms with Crippen LogP contribution in [0.15, 0.2) is 42.5 Å². The van der Waals surface area contributed by atoms with Gasteiger partial charge in [-0.05, 0) is 37.1 Å². The van der Waals surface area contributed by atoms with Crippen LogP contribution in [0.1, 0.15) is 16.7 Å². The molecule has 0 spiro atoms. The number of benzene rings is 2. The summed E-state index contributed by atoms with van der Waals surface area (Å²) in [6.45, 7) is 3.78. The van der Waals surface area contributed by atoms with Crippen LogP contribution < -0.4 is 10.1 Å². The number of carbonyl (C=O) groups excluding carboxylic acids is 1. The van der Waals surface area contributed by atoms with Gasteiger partial charge in [0.2, 0.25) is 0 Å². The standard InChI is InChI=1S/C17H19NO3/c1-12-6-5-9-16(13(12)2)21-11-17(20)18-15-8-4-3-7-14(15)10-19/h3-9,19H,10-11H2,1-2H3,(H,18,20). The number of amides is 1. The summed E-state index contributed by atoms with van der Waals surface area (Å²) < 4.78 is 5.55. The molecule has 0 radical (unpaired) electrons. The lowest BCUT2D eigenvalue weighted by molar-refractivity contribution is -0.118. The Morgan fingerprint density at radius 2 is 1.90 bits per heavy atom. The fourth-order valence-electron chi connectivity index (χ4n) is 1.99. The number of hydrogen-bond donors (Lipinski definition) is 2. The van der Waals surface area contributed by atoms with Crippen LogP contribution in [-0.4, -0.2) is 17.6 Å². The predicted octanol–water partition coefficient (Wildman–Crippen LogP) is 2.81. The number of hydrogen-bond acceptors (Lipinski definition) is 3. The summed E-state index contributed by atoms with van der Waals surface area (Å²) in [5, 5.41) is 12.0. The number of nitrogens with one attached hydrogen (secondary N) is 1. The second kappa shape index (κ2) is 6.90. The van der Waals surface area contributed by atoms with Crippen molar-refractivity contribution in [2.45, 2.75) is 20.5 Å². The molecule has 2 aromatic rings. The highest BCUT2D eigenvalue weighted by Gasteiger charge is 2.08. The van der Waals surface area contributed by atoms with Gasteiger partial charge in [-0.25, -0.2) is 0 Å². The molecule has 2 N–H and O–H groups in total. The third kappa shape index (κ3) is 3.83. The Morgan fingerprint density at radius 1 is 1.14 bits per heavy atom. The fraction of sp³-hybridized carbons (Fsp3) is 0.235. The van der Waals surface area contributed by atoms with Gasteiger partial charge in [-0.3, -0.25) is 4.79 Å². The minimum absolute atomic E-state index is 0.0654. The summed E-state index contributed by atoms with van der Waals surface area (Å²) >= 11 is 0. The number of anilines is 1. The van der Waals surface area contributed by atoms with Crippen LogP contribution in [0.2, 0.25) is 0 Å². The highest BCUT2D eigenvalue weighted by molar-refractivity contribution is 5.92. The smallest absolute Gasteiger partial charge is 0.262 e. The van der Waals surface area contributed by atoms with Crippen molar-refractivity contribution in [3.05, 3.63) is 59.2 Å². The van der Waals surface area contributed by atoms with E-state index < -0.39 is 0 Å². The van der Waals surface area contributed by atoms with Crippen molar-refractivity contribution in [2.75, 3.05) is 11.9 Å². The lowest BCUT2D eigenvalue weighted by atomic mass is 10.1. The summed E-state index contributed by atoms with van der Waals surface area (Å²) in [7, 11) is 0. The third-order valence-corrected chi connectivity index (χ3v) is 3.38. The monoisotopic (exact) mass is 285 g/mol. The molecule has 1 amide bonds. The van der Waals surface area contributed by atoms with E-state index in [-0.39, 0.29) is 19.1 Å². The van der Waals surface area contributed by atoms with Crippen molar-refractivity contribution in [1.29, 1.82) is 0 Å². The SMILES string of the molecule is Cc1cccc(OCC(=O)Nc2ccccc2CO)c1C. The van der Waals surface area contributed by atoms with E-state index in [0.717, 1.165) is 11.1 Å². The maximum Gasteiger partial charge on any atom is 0.262 e. The number of ether oxygens (including phenoxy) is 1. The van der Waals surface area contributed by atoms with Crippen molar-refractivity contribution in [3.8, 4) is 5.75 Å². The molecule has 0 aliphatic carbocycles. The Morgan fingerprint density at radius 3 is 2.67 bits per heavy atom. The van der Waals surface area contributed by atoms with Crippen LogP contribution in [0.4, 0.5) is 5.69 Å². The van der Waals surface area contributed by atoms with Crippen LogP contribution >= 0.6 is 0 Å². The summed E-state index contributed by atoms with van der Waals surface area (Å²) in [4.78, 5) is 11.9. The first-order valence-corrected chi connectivity index (χ1v) is 6.79. The zero-order chi connectivity index (χ0) is 15.2. The molecule has 0 saturated carbocycles. The van der Waals surface area contributed by atoms with E-state index in [1.807, 2.05) is 38.1 Å². The van der Waals surface area contributed by atoms with E-state index in [9.17, 15) is 9.90 Å². The van der Waals surface area contributed by atoms with Gasteiger partial charge in [0.25, 0.3) is 5.91 Å². The first kappa shape index (κ1) is 15.1. The third-order valence-electron chi connectivity index (χ3n) is 3.38. The molecule has 0 heterocycles. The molecule has 0 bridgehead atoms. The van der Waals surface area contributed by atoms with E-state index in [1.165, 1.54) is 0 Å². The van der Waals surface area contributed by atoms with Gasteiger partial charge in [0.05, 0.1) is 6.61 Å². The summed E-state index contributed by atoms with van der Waals surface area (Å²) in [6, 6.07) is 12.9. The number of carbonyl (C=O) groups is 1. The summed E-state index contributed by atoms with van der Waals surface area (Å²) in [6.07, 6.45) is 0. The molecule has 0 atom stereocenters. The van der Waals surface area contributed by atoms with Gasteiger partial charge in [0.1, 0.15) is 5.75 Å². The van der Waals surface area contributed by atoms with Crippen molar-refractivity contribution in [3.63, 3.8) is 0 Å². The first-order valence-electron chi connectivity index (χ1n) is 6.79. The highest BCUT2D eigenvalue weighted by Crippen LogP contribution is 2.20. The van der Waals surface area contributed by atoms with Crippen LogP contribution in [-0.2, 0) is 11.4 Å². The lowest BCUT2D eigenvalue weighted by Gasteiger charge is -2.12. The maximum absolute atomic E-state index is 11.9. The quantitative estimate of drug-likeness (QED) is 0.888. The van der Waals surface area contributed by atoms with E-state index in [4.69, 9.17) is 4.74 Å². The van der Waals surface area contributed by atoms with Crippen LogP contribution in [0.25, 0.3) is 0 Å². The molecule has 110 valence electrons. The van der Waals surface area contributed by atoms with Crippen molar-refractivity contribution >= 4 is 11.6 Å². The van der Waals surface area contributed by atoms with Gasteiger partial charge in [-0.15, -0.1) is 0 Å². The molecule has 0 saturated heterocycles. The Bertz CT molecular complexity index is 638. The van der Waals surface area contributed by atoms with Crippen LogP contribution in [0.5, 0.6) is 5.75 Å². The molecule has 0 unspecified atom stereocenters. The maximum atomic E-state index is 11.9. The van der Waals surface area contributed by atoms with Crippen LogP contribution in [0.3, 0.4) is 0 Å². The number of rotatable bonds is 5. The normalized spacial score (nSPS) is 10.2. The Labute approximate surface area is 124 Å². The molecule has 0 aliphatic rings. The molecular weight excluding hydrogens is 266 g/mol. The molecule has 0 aromatic heterocycles. The lowest BCUT2D eigenvalue weighted by Crippen LogP contribution is -2.21. The van der Waals surface area contributed by atoms with Gasteiger partial charge in [0.15, 0.2) is 6.61 Å². The van der Waals surface area contributed by atoms with E-state index >= 15 is 0 Å². The summed E-state index contributed by atoms with van der Waals surface area (Å²) in [5.41, 5.74) is 3.44. The minimum Gasteiger partial charge on any atom is -0.483 e. The number of aliphatic hydroxyl groups excluding tert-OH is 1. The molecule has 2 rings (SSSR count). The molecule has 4 heteroatoms. The second-order valence-electron chi connectivity index (χ2n) is 4.85. The van der Waals surface area contributed by atoms with Crippen molar-refractivity contribution in [2.24, 2.45) is 0 Å². The van der Waals surface area contributed by atoms with Crippen molar-refractivity contribution < 1.29 is 14.6 Å². The number of aryl methyl sites for hydroxylation is 1. The topological polar surface area (TPSA) is 58.6 Å². The number of para-hydroxylation sites is 1. The molecule has 0 fully saturated rings. The zero-order valence-corrected chi connectivity index (χ0v) is 12.2. The van der Waals surface area contributed by atoms with Gasteiger partial charge in [-0.1, -0.05) is 30.3 Å². The Balaban J connectivity index is 1.98. The van der Waals surface area contributed by atoms with Crippen LogP contribution in [0, 0.1) is 13.8 Å². The van der Waals surface area contributed by atoms with Gasteiger partial charge in [0, 0.05) is 11.3 Å². The van der Waals surface area contributed by atoms with Crippen molar-refractivity contribution in [1.82, 2.24) is 0 Å². The molecule has 4 nitrogen and oxygen atoms in total. The average Bonchev–Trinajstić information content (AvgIpc) is 2.49. The highest BCUT2D eigenvalue weighted by atomic mass is 16.5. The zero-order valence-electron chi connectivity index (χ0n) is 12.2. The molecule has 2 aromatic carbocycles. The van der Waals surface area contributed by atoms with E-state index in [0.29, 0.717) is 17.0 Å². The van der Waals surface area contributed by atoms with Gasteiger partial charge < -0.3 is 15.2 Å². The Kier molecular flexibility index (Phi) is 4.95. The largest absolute Gasteiger partial charge is 0.483 e. The van der Waals surface area contributed by atoms with E-state index in [1.54, 1.807) is 18.2 Å². The van der Waals surface area contributed by atoms with Gasteiger partial charge in [-0.2, -0.15) is 0 Å². The fourth-order valence-corrected chi connectivity index (χ4v) is 1.99. The number of aliphatic hydroxyl groups is 1. The first-order chi connectivity index (χ1) is 10.1. The minimum atomic E-state index is -0.253. The Hall–Kier alpha value is -2.33. The predicted molar refractivity (Wildman–Crippen MR) is 82.4 cm³/mol. The molecular formula is C17H19NO3.